The maximum atomic E-state index is 11.0. The van der Waals surface area contributed by atoms with E-state index in [1.54, 1.807) is 18.9 Å². The van der Waals surface area contributed by atoms with Crippen molar-refractivity contribution in [3.63, 3.8) is 0 Å². The molecule has 0 aromatic heterocycles. The first-order valence-corrected chi connectivity index (χ1v) is 6.68. The van der Waals surface area contributed by atoms with E-state index in [1.807, 2.05) is 26.0 Å². The monoisotopic (exact) mass is 280 g/mol. The molecule has 20 heavy (non-hydrogen) atoms. The van der Waals surface area contributed by atoms with Gasteiger partial charge in [-0.15, -0.1) is 0 Å². The number of ether oxygens (including phenoxy) is 1. The Morgan fingerprint density at radius 2 is 1.90 bits per heavy atom. The SMILES string of the molecule is Cc1cc(C)cc(OCC(O)CN(C)[C@H](C)C(N)=O)c1. The maximum absolute atomic E-state index is 11.0. The van der Waals surface area contributed by atoms with Gasteiger partial charge in [0.25, 0.3) is 0 Å². The highest BCUT2D eigenvalue weighted by molar-refractivity contribution is 5.79. The summed E-state index contributed by atoms with van der Waals surface area (Å²) < 4.78 is 5.58. The average molecular weight is 280 g/mol. The topological polar surface area (TPSA) is 75.8 Å². The van der Waals surface area contributed by atoms with Crippen LogP contribution < -0.4 is 10.5 Å². The zero-order chi connectivity index (χ0) is 15.3. The van der Waals surface area contributed by atoms with Gasteiger partial charge in [0.1, 0.15) is 18.5 Å². The van der Waals surface area contributed by atoms with E-state index in [4.69, 9.17) is 10.5 Å². The van der Waals surface area contributed by atoms with E-state index in [9.17, 15) is 9.90 Å². The van der Waals surface area contributed by atoms with Crippen molar-refractivity contribution in [2.45, 2.75) is 32.9 Å². The number of benzene rings is 1. The van der Waals surface area contributed by atoms with E-state index in [0.29, 0.717) is 6.54 Å². The molecule has 0 aliphatic carbocycles. The lowest BCUT2D eigenvalue weighted by Gasteiger charge is -2.24. The van der Waals surface area contributed by atoms with Crippen LogP contribution in [0.5, 0.6) is 5.75 Å². The Morgan fingerprint density at radius 3 is 2.40 bits per heavy atom. The molecule has 5 nitrogen and oxygen atoms in total. The fraction of sp³-hybridized carbons (Fsp3) is 0.533. The third-order valence-corrected chi connectivity index (χ3v) is 3.21. The maximum Gasteiger partial charge on any atom is 0.234 e. The normalized spacial score (nSPS) is 14.1. The minimum atomic E-state index is -0.678. The first kappa shape index (κ1) is 16.5. The molecule has 1 amide bonds. The number of carbonyl (C=O) groups is 1. The third kappa shape index (κ3) is 5.19. The fourth-order valence-corrected chi connectivity index (χ4v) is 1.97. The number of primary amides is 1. The lowest BCUT2D eigenvalue weighted by molar-refractivity contribution is -0.122. The van der Waals surface area contributed by atoms with Gasteiger partial charge in [0, 0.05) is 6.54 Å². The molecule has 1 rings (SSSR count). The smallest absolute Gasteiger partial charge is 0.234 e. The van der Waals surface area contributed by atoms with Gasteiger partial charge in [-0.2, -0.15) is 0 Å². The summed E-state index contributed by atoms with van der Waals surface area (Å²) in [5, 5.41) is 9.93. The minimum absolute atomic E-state index is 0.179. The van der Waals surface area contributed by atoms with E-state index in [0.717, 1.165) is 16.9 Å². The van der Waals surface area contributed by atoms with Gasteiger partial charge in [-0.3, -0.25) is 9.69 Å². The Kier molecular flexibility index (Phi) is 5.98. The van der Waals surface area contributed by atoms with E-state index in [1.165, 1.54) is 0 Å². The van der Waals surface area contributed by atoms with Gasteiger partial charge in [-0.25, -0.2) is 0 Å². The van der Waals surface area contributed by atoms with Crippen LogP contribution >= 0.6 is 0 Å². The standard InChI is InChI=1S/C15H24N2O3/c1-10-5-11(2)7-14(6-10)20-9-13(18)8-17(4)12(3)15(16)19/h5-7,12-13,18H,8-9H2,1-4H3,(H2,16,19)/t12-,13?/m1/s1. The molecule has 0 radical (unpaired) electrons. The van der Waals surface area contributed by atoms with Crippen molar-refractivity contribution in [1.29, 1.82) is 0 Å². The number of amides is 1. The second kappa shape index (κ2) is 7.26. The number of aryl methyl sites for hydroxylation is 2. The quantitative estimate of drug-likeness (QED) is 0.776. The van der Waals surface area contributed by atoms with Gasteiger partial charge in [0.15, 0.2) is 0 Å². The number of hydrogen-bond acceptors (Lipinski definition) is 4. The Balaban J connectivity index is 2.47. The lowest BCUT2D eigenvalue weighted by atomic mass is 10.1. The number of nitrogens with zero attached hydrogens (tertiary/aromatic N) is 1. The van der Waals surface area contributed by atoms with Crippen molar-refractivity contribution in [1.82, 2.24) is 4.90 Å². The molecule has 1 aromatic rings. The van der Waals surface area contributed by atoms with Crippen LogP contribution in [0.4, 0.5) is 0 Å². The first-order chi connectivity index (χ1) is 9.29. The van der Waals surface area contributed by atoms with E-state index < -0.39 is 18.1 Å². The van der Waals surface area contributed by atoms with Crippen LogP contribution in [0.2, 0.25) is 0 Å². The zero-order valence-electron chi connectivity index (χ0n) is 12.6. The molecular weight excluding hydrogens is 256 g/mol. The van der Waals surface area contributed by atoms with Crippen LogP contribution in [0.1, 0.15) is 18.1 Å². The van der Waals surface area contributed by atoms with Gasteiger partial charge < -0.3 is 15.6 Å². The Morgan fingerprint density at radius 1 is 1.35 bits per heavy atom. The largest absolute Gasteiger partial charge is 0.491 e. The number of aliphatic hydroxyl groups excluding tert-OH is 1. The molecule has 0 saturated carbocycles. The third-order valence-electron chi connectivity index (χ3n) is 3.21. The van der Waals surface area contributed by atoms with E-state index in [2.05, 4.69) is 6.07 Å². The highest BCUT2D eigenvalue weighted by Crippen LogP contribution is 2.16. The second-order valence-electron chi connectivity index (χ2n) is 5.31. The molecule has 3 N–H and O–H groups in total. The molecule has 5 heteroatoms. The highest BCUT2D eigenvalue weighted by atomic mass is 16.5. The van der Waals surface area contributed by atoms with E-state index >= 15 is 0 Å². The summed E-state index contributed by atoms with van der Waals surface area (Å²) in [7, 11) is 1.75. The number of likely N-dealkylation sites (N-methyl/N-ethyl adjacent to an activating group) is 1. The molecule has 0 aliphatic heterocycles. The summed E-state index contributed by atoms with van der Waals surface area (Å²) in [4.78, 5) is 12.8. The Hall–Kier alpha value is -1.59. The van der Waals surface area contributed by atoms with Crippen molar-refractivity contribution in [3.05, 3.63) is 29.3 Å². The molecule has 0 spiro atoms. The number of rotatable bonds is 7. The number of carbonyl (C=O) groups excluding carboxylic acids is 1. The molecule has 0 saturated heterocycles. The summed E-state index contributed by atoms with van der Waals surface area (Å²) in [5.74, 6) is 0.335. The summed E-state index contributed by atoms with van der Waals surface area (Å²) in [6.07, 6.45) is -0.678. The Labute approximate surface area is 120 Å². The average Bonchev–Trinajstić information content (AvgIpc) is 2.34. The summed E-state index contributed by atoms with van der Waals surface area (Å²) in [6.45, 7) is 6.21. The van der Waals surface area contributed by atoms with Crippen molar-refractivity contribution in [3.8, 4) is 5.75 Å². The van der Waals surface area contributed by atoms with Crippen molar-refractivity contribution >= 4 is 5.91 Å². The first-order valence-electron chi connectivity index (χ1n) is 6.68. The molecule has 112 valence electrons. The van der Waals surface area contributed by atoms with Gasteiger partial charge >= 0.3 is 0 Å². The molecule has 0 fully saturated rings. The zero-order valence-corrected chi connectivity index (χ0v) is 12.6. The van der Waals surface area contributed by atoms with Crippen LogP contribution in [0, 0.1) is 13.8 Å². The number of hydrogen-bond donors (Lipinski definition) is 2. The molecular formula is C15H24N2O3. The van der Waals surface area contributed by atoms with Crippen LogP contribution in [-0.4, -0.2) is 48.3 Å². The predicted molar refractivity (Wildman–Crippen MR) is 78.7 cm³/mol. The van der Waals surface area contributed by atoms with Crippen LogP contribution in [0.3, 0.4) is 0 Å². The van der Waals surface area contributed by atoms with Gasteiger partial charge in [-0.1, -0.05) is 6.07 Å². The summed E-state index contributed by atoms with van der Waals surface area (Å²) in [5.41, 5.74) is 7.46. The van der Waals surface area contributed by atoms with Gasteiger partial charge in [-0.05, 0) is 51.1 Å². The molecule has 0 bridgehead atoms. The lowest BCUT2D eigenvalue weighted by Crippen LogP contribution is -2.44. The van der Waals surface area contributed by atoms with Crippen molar-refractivity contribution in [2.75, 3.05) is 20.2 Å². The highest BCUT2D eigenvalue weighted by Gasteiger charge is 2.18. The predicted octanol–water partition coefficient (Wildman–Crippen LogP) is 0.849. The second-order valence-corrected chi connectivity index (χ2v) is 5.31. The molecule has 1 aromatic carbocycles. The molecule has 0 heterocycles. The Bertz CT molecular complexity index is 442. The summed E-state index contributed by atoms with van der Waals surface area (Å²) >= 11 is 0. The molecule has 0 aliphatic rings. The number of aliphatic hydroxyl groups is 1. The van der Waals surface area contributed by atoms with Crippen molar-refractivity contribution < 1.29 is 14.6 Å². The minimum Gasteiger partial charge on any atom is -0.491 e. The van der Waals surface area contributed by atoms with Gasteiger partial charge in [0.05, 0.1) is 6.04 Å². The van der Waals surface area contributed by atoms with Crippen LogP contribution in [0.25, 0.3) is 0 Å². The molecule has 2 atom stereocenters. The molecule has 1 unspecified atom stereocenters. The fourth-order valence-electron chi connectivity index (χ4n) is 1.97. The number of nitrogens with two attached hydrogens (primary N) is 1. The van der Waals surface area contributed by atoms with Gasteiger partial charge in [0.2, 0.25) is 5.91 Å². The van der Waals surface area contributed by atoms with Crippen LogP contribution in [0.15, 0.2) is 18.2 Å². The van der Waals surface area contributed by atoms with Crippen LogP contribution in [-0.2, 0) is 4.79 Å². The van der Waals surface area contributed by atoms with Crippen molar-refractivity contribution in [2.24, 2.45) is 5.73 Å². The summed E-state index contributed by atoms with van der Waals surface area (Å²) in [6, 6.07) is 5.50. The van der Waals surface area contributed by atoms with E-state index in [-0.39, 0.29) is 6.61 Å².